The number of rotatable bonds is 4. The summed E-state index contributed by atoms with van der Waals surface area (Å²) >= 11 is 0. The van der Waals surface area contributed by atoms with Crippen LogP contribution in [0.25, 0.3) is 0 Å². The van der Waals surface area contributed by atoms with Gasteiger partial charge >= 0.3 is 0 Å². The maximum absolute atomic E-state index is 12.6. The van der Waals surface area contributed by atoms with Crippen molar-refractivity contribution in [1.29, 1.82) is 0 Å². The van der Waals surface area contributed by atoms with Crippen molar-refractivity contribution in [3.05, 3.63) is 59.7 Å². The van der Waals surface area contributed by atoms with E-state index in [1.165, 1.54) is 16.0 Å². The van der Waals surface area contributed by atoms with E-state index < -0.39 is 0 Å². The van der Waals surface area contributed by atoms with Gasteiger partial charge in [0.25, 0.3) is 0 Å². The normalized spacial score (nSPS) is 15.2. The Kier molecular flexibility index (Phi) is 5.11. The van der Waals surface area contributed by atoms with Gasteiger partial charge in [0, 0.05) is 11.3 Å². The van der Waals surface area contributed by atoms with Crippen LogP contribution in [0.2, 0.25) is 0 Å². The Labute approximate surface area is 149 Å². The molecular weight excluding hydrogens is 344 g/mol. The Bertz CT molecular complexity index is 760. The number of carbonyl (C=O) groups is 1. The molecule has 1 unspecified atom stereocenters. The molecule has 1 heterocycles. The number of phenolic OH excluding ortho intramolecular Hbond substituents is 1. The fraction of sp³-hybridized carbons (Fsp3) is 0.222. The van der Waals surface area contributed by atoms with Crippen molar-refractivity contribution in [2.75, 3.05) is 6.54 Å². The van der Waals surface area contributed by atoms with E-state index in [2.05, 4.69) is 5.10 Å². The second kappa shape index (κ2) is 7.28. The van der Waals surface area contributed by atoms with Crippen LogP contribution in [0.1, 0.15) is 30.4 Å². The highest BCUT2D eigenvalue weighted by molar-refractivity contribution is 8.21. The predicted molar refractivity (Wildman–Crippen MR) is 97.5 cm³/mol. The fourth-order valence-corrected chi connectivity index (χ4v) is 3.19. The van der Waals surface area contributed by atoms with E-state index in [1.54, 1.807) is 24.3 Å². The van der Waals surface area contributed by atoms with Gasteiger partial charge in [-0.05, 0) is 64.0 Å². The van der Waals surface area contributed by atoms with Crippen molar-refractivity contribution in [3.63, 3.8) is 0 Å². The topological polar surface area (TPSA) is 52.9 Å². The van der Waals surface area contributed by atoms with Gasteiger partial charge in [-0.3, -0.25) is 4.79 Å². The van der Waals surface area contributed by atoms with Gasteiger partial charge in [-0.25, -0.2) is 5.01 Å². The van der Waals surface area contributed by atoms with E-state index in [1.807, 2.05) is 31.2 Å². The van der Waals surface area contributed by atoms with Crippen LogP contribution >= 0.6 is 21.7 Å². The van der Waals surface area contributed by atoms with Crippen molar-refractivity contribution >= 4 is 33.3 Å². The number of hydrogen-bond acceptors (Lipinski definition) is 4. The number of phenols is 1. The third-order valence-corrected chi connectivity index (χ3v) is 5.08. The lowest BCUT2D eigenvalue weighted by atomic mass is 10.00. The van der Waals surface area contributed by atoms with E-state index in [-0.39, 0.29) is 17.6 Å². The van der Waals surface area contributed by atoms with Crippen LogP contribution in [0.3, 0.4) is 0 Å². The maximum atomic E-state index is 12.6. The predicted octanol–water partition coefficient (Wildman–Crippen LogP) is 4.38. The molecule has 0 saturated heterocycles. The first-order valence-electron chi connectivity index (χ1n) is 7.65. The van der Waals surface area contributed by atoms with Gasteiger partial charge < -0.3 is 5.11 Å². The minimum absolute atomic E-state index is 0.0383. The van der Waals surface area contributed by atoms with Crippen LogP contribution in [0.5, 0.6) is 5.75 Å². The van der Waals surface area contributed by atoms with Crippen molar-refractivity contribution in [2.45, 2.75) is 24.2 Å². The SMILES string of the molecule is CC(C(=O)N1CCC(c2ccc(SCl)cc2)=N1)c1ccc(O)cc1. The first-order chi connectivity index (χ1) is 11.6. The first kappa shape index (κ1) is 16.9. The molecular formula is C18H17ClN2O2S. The molecule has 2 aromatic rings. The van der Waals surface area contributed by atoms with Gasteiger partial charge in [-0.2, -0.15) is 5.10 Å². The molecule has 0 radical (unpaired) electrons. The number of nitrogens with zero attached hydrogens (tertiary/aromatic N) is 2. The lowest BCUT2D eigenvalue weighted by Gasteiger charge is -2.17. The summed E-state index contributed by atoms with van der Waals surface area (Å²) in [6, 6.07) is 14.5. The zero-order chi connectivity index (χ0) is 17.1. The molecule has 0 aromatic heterocycles. The molecule has 1 aliphatic heterocycles. The minimum Gasteiger partial charge on any atom is -0.508 e. The summed E-state index contributed by atoms with van der Waals surface area (Å²) in [4.78, 5) is 13.6. The highest BCUT2D eigenvalue weighted by Gasteiger charge is 2.26. The molecule has 1 aliphatic rings. The average Bonchev–Trinajstić information content (AvgIpc) is 3.11. The van der Waals surface area contributed by atoms with Gasteiger partial charge in [0.1, 0.15) is 5.75 Å². The molecule has 0 fully saturated rings. The smallest absolute Gasteiger partial charge is 0.249 e. The first-order valence-corrected chi connectivity index (χ1v) is 9.29. The molecule has 0 bridgehead atoms. The highest BCUT2D eigenvalue weighted by atomic mass is 35.7. The Balaban J connectivity index is 1.74. The van der Waals surface area contributed by atoms with Gasteiger partial charge in [0.15, 0.2) is 0 Å². The molecule has 124 valence electrons. The summed E-state index contributed by atoms with van der Waals surface area (Å²) in [7, 11) is 6.90. The summed E-state index contributed by atoms with van der Waals surface area (Å²) in [6.45, 7) is 2.44. The molecule has 6 heteroatoms. The lowest BCUT2D eigenvalue weighted by Crippen LogP contribution is -2.27. The zero-order valence-corrected chi connectivity index (χ0v) is 14.7. The average molecular weight is 361 g/mol. The highest BCUT2D eigenvalue weighted by Crippen LogP contribution is 2.25. The second-order valence-electron chi connectivity index (χ2n) is 5.67. The summed E-state index contributed by atoms with van der Waals surface area (Å²) in [5, 5.41) is 15.4. The molecule has 24 heavy (non-hydrogen) atoms. The molecule has 3 rings (SSSR count). The fourth-order valence-electron chi connectivity index (χ4n) is 2.65. The Hall–Kier alpha value is -1.98. The van der Waals surface area contributed by atoms with Crippen LogP contribution in [0, 0.1) is 0 Å². The van der Waals surface area contributed by atoms with Crippen molar-refractivity contribution in [3.8, 4) is 5.75 Å². The Morgan fingerprint density at radius 3 is 2.50 bits per heavy atom. The molecule has 1 N–H and O–H groups in total. The number of hydrazone groups is 1. The number of hydrogen-bond donors (Lipinski definition) is 1. The number of benzene rings is 2. The summed E-state index contributed by atoms with van der Waals surface area (Å²) in [5.41, 5.74) is 2.79. The van der Waals surface area contributed by atoms with Crippen LogP contribution in [-0.2, 0) is 4.79 Å². The molecule has 0 saturated carbocycles. The monoisotopic (exact) mass is 360 g/mol. The lowest BCUT2D eigenvalue weighted by molar-refractivity contribution is -0.131. The van der Waals surface area contributed by atoms with Crippen LogP contribution < -0.4 is 0 Å². The number of aromatic hydroxyl groups is 1. The van der Waals surface area contributed by atoms with Crippen molar-refractivity contribution in [1.82, 2.24) is 5.01 Å². The van der Waals surface area contributed by atoms with Crippen molar-refractivity contribution < 1.29 is 9.90 Å². The zero-order valence-electron chi connectivity index (χ0n) is 13.1. The molecule has 0 aliphatic carbocycles. The van der Waals surface area contributed by atoms with E-state index in [9.17, 15) is 9.90 Å². The van der Waals surface area contributed by atoms with Gasteiger partial charge in [0.2, 0.25) is 5.91 Å². The van der Waals surface area contributed by atoms with E-state index in [0.29, 0.717) is 6.54 Å². The molecule has 1 amide bonds. The summed E-state index contributed by atoms with van der Waals surface area (Å²) in [6.07, 6.45) is 0.738. The summed E-state index contributed by atoms with van der Waals surface area (Å²) in [5.74, 6) is -0.147. The van der Waals surface area contributed by atoms with Gasteiger partial charge in [0.05, 0.1) is 18.2 Å². The standard InChI is InChI=1S/C18H17ClN2O2S/c1-12(13-2-6-15(22)7-3-13)18(23)21-11-10-17(20-21)14-4-8-16(24-19)9-5-14/h2-9,12,22H,10-11H2,1H3. The molecule has 1 atom stereocenters. The van der Waals surface area contributed by atoms with Crippen LogP contribution in [0.4, 0.5) is 0 Å². The van der Waals surface area contributed by atoms with E-state index >= 15 is 0 Å². The largest absolute Gasteiger partial charge is 0.508 e. The second-order valence-corrected chi connectivity index (χ2v) is 6.76. The van der Waals surface area contributed by atoms with Gasteiger partial charge in [-0.1, -0.05) is 24.3 Å². The molecule has 2 aromatic carbocycles. The van der Waals surface area contributed by atoms with Crippen molar-refractivity contribution in [2.24, 2.45) is 5.10 Å². The number of amides is 1. The molecule has 0 spiro atoms. The van der Waals surface area contributed by atoms with Gasteiger partial charge in [-0.15, -0.1) is 0 Å². The maximum Gasteiger partial charge on any atom is 0.249 e. The molecule has 4 nitrogen and oxygen atoms in total. The number of carbonyl (C=O) groups excluding carboxylic acids is 1. The minimum atomic E-state index is -0.302. The van der Waals surface area contributed by atoms with Crippen LogP contribution in [0.15, 0.2) is 58.5 Å². The Morgan fingerprint density at radius 1 is 1.21 bits per heavy atom. The van der Waals surface area contributed by atoms with Crippen LogP contribution in [-0.4, -0.2) is 28.3 Å². The summed E-state index contributed by atoms with van der Waals surface area (Å²) < 4.78 is 0. The third-order valence-electron chi connectivity index (χ3n) is 4.10. The van der Waals surface area contributed by atoms with E-state index in [4.69, 9.17) is 10.7 Å². The number of halogens is 1. The quantitative estimate of drug-likeness (QED) is 0.880. The Morgan fingerprint density at radius 2 is 1.88 bits per heavy atom. The van der Waals surface area contributed by atoms with E-state index in [0.717, 1.165) is 28.2 Å². The third kappa shape index (κ3) is 3.57.